The Hall–Kier alpha value is -5.06. The van der Waals surface area contributed by atoms with Crippen LogP contribution in [0.25, 0.3) is 0 Å². The Kier molecular flexibility index (Phi) is 74.3. The second kappa shape index (κ2) is 78.1. The number of allylic oxidation sites excluding steroid dienone is 24. The molecule has 3 N–H and O–H groups in total. The molecule has 0 spiro atoms. The SMILES string of the molecule is CC/C=C\C/C=C\C/C=C\C/C=C\C/C=C\CCCCCC(=O)OCC(COP(=O)(O)OCC(O)COP(=O)(O)OCC(COC(=O)CCCCCCCC/C=C\C/C=C\C/C=C\CCCCC)OC(=O)CCCC/C=C\C/C=C\C/C=C\C/C=C\CC)OC(=O)CCCCCCCCCCCCCCC. The van der Waals surface area contributed by atoms with Gasteiger partial charge in [0.1, 0.15) is 19.3 Å². The van der Waals surface area contributed by atoms with E-state index in [0.717, 1.165) is 167 Å². The van der Waals surface area contributed by atoms with E-state index in [9.17, 15) is 43.2 Å². The number of unbranched alkanes of at least 4 members (excludes halogenated alkanes) is 26. The maximum atomic E-state index is 13.1. The topological polar surface area (TPSA) is 237 Å². The fourth-order valence-corrected chi connectivity index (χ4v) is 12.2. The molecule has 0 bridgehead atoms. The van der Waals surface area contributed by atoms with Crippen molar-refractivity contribution in [3.05, 3.63) is 146 Å². The summed E-state index contributed by atoms with van der Waals surface area (Å²) in [5.41, 5.74) is 0. The molecular weight excluding hydrogens is 1380 g/mol. The standard InChI is InChI=1S/C87H146O17P2/c1-5-9-13-17-21-25-29-33-36-38-40-42-45-48-51-55-59-63-67-71-84(89)97-77-82(103-86(91)73-69-65-61-57-53-47-32-28-24-20-16-12-8-4)79-101-105(93,94)99-75-81(88)76-100-106(95,96)102-80-83(104-87(92)74-70-66-62-58-54-50-44-35-31-27-23-19-15-11-7-3)78-98-85(90)72-68-64-60-56-52-49-46-43-41-39-37-34-30-26-22-18-14-10-6-2/h9,11,13,15,21-23,25-27,33-37,40-44,48,51,54,58,81-83,88H,5-8,10,12,14,16-20,24,28-32,38-39,45-47,49-50,52-53,55-57,59-80H2,1-4H3,(H,93,94)(H,95,96)/b13-9-,15-11-,25-21-,26-22-,27-23-,36-33-,37-34-,42-40-,43-41-,44-35-,51-48-,58-54-. The van der Waals surface area contributed by atoms with Gasteiger partial charge < -0.3 is 33.8 Å². The van der Waals surface area contributed by atoms with Gasteiger partial charge in [-0.3, -0.25) is 37.3 Å². The van der Waals surface area contributed by atoms with E-state index in [-0.39, 0.29) is 25.7 Å². The van der Waals surface area contributed by atoms with Gasteiger partial charge in [-0.05, 0) is 148 Å². The van der Waals surface area contributed by atoms with Gasteiger partial charge in [-0.2, -0.15) is 0 Å². The summed E-state index contributed by atoms with van der Waals surface area (Å²) in [5.74, 6) is -2.27. The Labute approximate surface area is 643 Å². The Morgan fingerprint density at radius 3 is 0.802 bits per heavy atom. The molecule has 0 aliphatic carbocycles. The van der Waals surface area contributed by atoms with Crippen molar-refractivity contribution >= 4 is 39.5 Å². The molecule has 0 heterocycles. The largest absolute Gasteiger partial charge is 0.472 e. The van der Waals surface area contributed by atoms with Crippen LogP contribution in [0.15, 0.2) is 146 Å². The maximum absolute atomic E-state index is 13.1. The van der Waals surface area contributed by atoms with Crippen LogP contribution in [-0.2, 0) is 65.4 Å². The number of ether oxygens (including phenoxy) is 4. The van der Waals surface area contributed by atoms with Crippen molar-refractivity contribution in [2.45, 2.75) is 341 Å². The molecule has 106 heavy (non-hydrogen) atoms. The fourth-order valence-electron chi connectivity index (χ4n) is 10.6. The highest BCUT2D eigenvalue weighted by Crippen LogP contribution is 2.45. The van der Waals surface area contributed by atoms with E-state index in [0.29, 0.717) is 32.1 Å². The van der Waals surface area contributed by atoms with Crippen molar-refractivity contribution in [2.24, 2.45) is 0 Å². The summed E-state index contributed by atoms with van der Waals surface area (Å²) in [7, 11) is -9.99. The minimum Gasteiger partial charge on any atom is -0.462 e. The Bertz CT molecular complexity index is 2580. The zero-order valence-corrected chi connectivity index (χ0v) is 68.1. The molecule has 0 saturated heterocycles. The first-order chi connectivity index (χ1) is 51.7. The molecule has 0 amide bonds. The highest BCUT2D eigenvalue weighted by molar-refractivity contribution is 7.47. The summed E-state index contributed by atoms with van der Waals surface area (Å²) >= 11 is 0. The Morgan fingerprint density at radius 2 is 0.491 bits per heavy atom. The van der Waals surface area contributed by atoms with Gasteiger partial charge in [0, 0.05) is 25.7 Å². The van der Waals surface area contributed by atoms with Gasteiger partial charge in [-0.15, -0.1) is 0 Å². The maximum Gasteiger partial charge on any atom is 0.472 e. The van der Waals surface area contributed by atoms with Gasteiger partial charge in [0.2, 0.25) is 0 Å². The fraction of sp³-hybridized carbons (Fsp3) is 0.678. The molecule has 0 saturated carbocycles. The van der Waals surface area contributed by atoms with Crippen molar-refractivity contribution in [3.8, 4) is 0 Å². The number of hydrogen-bond donors (Lipinski definition) is 3. The van der Waals surface area contributed by atoms with E-state index >= 15 is 0 Å². The van der Waals surface area contributed by atoms with Crippen LogP contribution < -0.4 is 0 Å². The van der Waals surface area contributed by atoms with Crippen molar-refractivity contribution in [2.75, 3.05) is 39.6 Å². The molecule has 5 unspecified atom stereocenters. The minimum atomic E-state index is -5.00. The average molecular weight is 1530 g/mol. The lowest BCUT2D eigenvalue weighted by atomic mass is 10.0. The quantitative estimate of drug-likeness (QED) is 0.0169. The third kappa shape index (κ3) is 77.1. The van der Waals surface area contributed by atoms with E-state index in [2.05, 4.69) is 174 Å². The zero-order valence-electron chi connectivity index (χ0n) is 66.3. The Morgan fingerprint density at radius 1 is 0.274 bits per heavy atom. The normalized spacial score (nSPS) is 14.6. The van der Waals surface area contributed by atoms with Crippen LogP contribution in [0.1, 0.15) is 323 Å². The second-order valence-electron chi connectivity index (χ2n) is 27.0. The van der Waals surface area contributed by atoms with Crippen molar-refractivity contribution in [1.29, 1.82) is 0 Å². The molecule has 0 aromatic heterocycles. The van der Waals surface area contributed by atoms with Crippen LogP contribution in [0.4, 0.5) is 0 Å². The van der Waals surface area contributed by atoms with Crippen molar-refractivity contribution < 1.29 is 80.2 Å². The molecule has 0 aliphatic heterocycles. The molecule has 0 rings (SSSR count). The molecule has 0 aromatic carbocycles. The summed E-state index contributed by atoms with van der Waals surface area (Å²) in [6.45, 7) is 4.54. The summed E-state index contributed by atoms with van der Waals surface area (Å²) in [6, 6.07) is 0. The molecule has 5 atom stereocenters. The summed E-state index contributed by atoms with van der Waals surface area (Å²) < 4.78 is 68.6. The van der Waals surface area contributed by atoms with Crippen LogP contribution in [0.3, 0.4) is 0 Å². The lowest BCUT2D eigenvalue weighted by Crippen LogP contribution is -2.30. The average Bonchev–Trinajstić information content (AvgIpc) is 0.901. The van der Waals surface area contributed by atoms with Gasteiger partial charge in [0.05, 0.1) is 26.4 Å². The van der Waals surface area contributed by atoms with E-state index in [1.807, 2.05) is 0 Å². The second-order valence-corrected chi connectivity index (χ2v) is 29.9. The zero-order chi connectivity index (χ0) is 77.4. The number of phosphoric acid groups is 2. The smallest absolute Gasteiger partial charge is 0.462 e. The van der Waals surface area contributed by atoms with E-state index in [4.69, 9.17) is 37.0 Å². The van der Waals surface area contributed by atoms with Gasteiger partial charge in [-0.1, -0.05) is 296 Å². The van der Waals surface area contributed by atoms with Crippen LogP contribution in [0.5, 0.6) is 0 Å². The van der Waals surface area contributed by atoms with Gasteiger partial charge in [0.15, 0.2) is 12.2 Å². The molecule has 19 heteroatoms. The molecule has 0 radical (unpaired) electrons. The van der Waals surface area contributed by atoms with Crippen molar-refractivity contribution in [3.63, 3.8) is 0 Å². The lowest BCUT2D eigenvalue weighted by molar-refractivity contribution is -0.161. The van der Waals surface area contributed by atoms with Crippen LogP contribution in [0, 0.1) is 0 Å². The van der Waals surface area contributed by atoms with Gasteiger partial charge >= 0.3 is 39.5 Å². The third-order valence-corrected chi connectivity index (χ3v) is 18.7. The third-order valence-electron chi connectivity index (χ3n) is 16.8. The first kappa shape index (κ1) is 101. The molecular formula is C87H146O17P2. The molecule has 17 nitrogen and oxygen atoms in total. The number of rotatable bonds is 76. The molecule has 0 aliphatic rings. The summed E-state index contributed by atoms with van der Waals surface area (Å²) in [5, 5.41) is 10.7. The van der Waals surface area contributed by atoms with Crippen molar-refractivity contribution in [1.82, 2.24) is 0 Å². The van der Waals surface area contributed by atoms with E-state index < -0.39 is 97.5 Å². The number of carbonyl (C=O) groups is 4. The molecule has 0 fully saturated rings. The number of phosphoric ester groups is 2. The molecule has 606 valence electrons. The summed E-state index contributed by atoms with van der Waals surface area (Å²) in [4.78, 5) is 73.1. The van der Waals surface area contributed by atoms with E-state index in [1.54, 1.807) is 0 Å². The lowest BCUT2D eigenvalue weighted by Gasteiger charge is -2.21. The number of carbonyl (C=O) groups excluding carboxylic acids is 4. The molecule has 0 aromatic rings. The first-order valence-corrected chi connectivity index (χ1v) is 44.1. The minimum absolute atomic E-state index is 0.0357. The van der Waals surface area contributed by atoms with E-state index in [1.165, 1.54) is 70.6 Å². The van der Waals surface area contributed by atoms with Crippen LogP contribution in [0.2, 0.25) is 0 Å². The Balaban J connectivity index is 5.42. The first-order valence-electron chi connectivity index (χ1n) is 41.1. The number of aliphatic hydroxyl groups is 1. The highest BCUT2D eigenvalue weighted by Gasteiger charge is 2.30. The number of esters is 4. The monoisotopic (exact) mass is 1530 g/mol. The number of hydrogen-bond acceptors (Lipinski definition) is 15. The van der Waals surface area contributed by atoms with Crippen LogP contribution >= 0.6 is 15.6 Å². The predicted octanol–water partition coefficient (Wildman–Crippen LogP) is 24.2. The predicted molar refractivity (Wildman–Crippen MR) is 436 cm³/mol. The van der Waals surface area contributed by atoms with Gasteiger partial charge in [-0.25, -0.2) is 9.13 Å². The summed E-state index contributed by atoms with van der Waals surface area (Å²) in [6.07, 6.45) is 89.7. The highest BCUT2D eigenvalue weighted by atomic mass is 31.2. The van der Waals surface area contributed by atoms with Gasteiger partial charge in [0.25, 0.3) is 0 Å². The van der Waals surface area contributed by atoms with Crippen LogP contribution in [-0.4, -0.2) is 96.7 Å². The number of aliphatic hydroxyl groups excluding tert-OH is 1.